The predicted octanol–water partition coefficient (Wildman–Crippen LogP) is 4.56. The molecule has 5 rings (SSSR count). The SMILES string of the molecule is O=C(O)c1ccccn1.[Ir].[c-]1ccoc1-c1cc2c3c(cccc3n1)C=C2. The number of benzene rings is 1. The normalized spacial score (nSPS) is 10.8. The van der Waals surface area contributed by atoms with Crippen LogP contribution in [-0.2, 0) is 20.1 Å². The van der Waals surface area contributed by atoms with E-state index >= 15 is 0 Å². The van der Waals surface area contributed by atoms with Crippen LogP contribution in [0.15, 0.2) is 65.4 Å². The van der Waals surface area contributed by atoms with E-state index in [0.29, 0.717) is 5.76 Å². The first-order valence-electron chi connectivity index (χ1n) is 7.94. The van der Waals surface area contributed by atoms with Crippen molar-refractivity contribution in [3.8, 4) is 11.5 Å². The zero-order valence-electron chi connectivity index (χ0n) is 13.9. The van der Waals surface area contributed by atoms with E-state index in [2.05, 4.69) is 34.3 Å². The zero-order valence-corrected chi connectivity index (χ0v) is 16.3. The summed E-state index contributed by atoms with van der Waals surface area (Å²) in [7, 11) is 0. The summed E-state index contributed by atoms with van der Waals surface area (Å²) in [6.07, 6.45) is 7.30. The van der Waals surface area contributed by atoms with Gasteiger partial charge in [-0.1, -0.05) is 36.4 Å². The van der Waals surface area contributed by atoms with E-state index in [1.54, 1.807) is 24.5 Å². The second-order valence-electron chi connectivity index (χ2n) is 5.59. The van der Waals surface area contributed by atoms with Gasteiger partial charge in [-0.05, 0) is 35.6 Å². The molecule has 0 aliphatic heterocycles. The molecule has 0 fully saturated rings. The van der Waals surface area contributed by atoms with Crippen molar-refractivity contribution in [3.05, 3.63) is 83.9 Å². The molecule has 0 spiro atoms. The van der Waals surface area contributed by atoms with E-state index in [0.717, 1.165) is 11.2 Å². The summed E-state index contributed by atoms with van der Waals surface area (Å²) in [5.41, 5.74) is 4.36. The van der Waals surface area contributed by atoms with E-state index < -0.39 is 5.97 Å². The molecule has 1 N–H and O–H groups in total. The maximum absolute atomic E-state index is 10.1. The van der Waals surface area contributed by atoms with Crippen molar-refractivity contribution in [2.75, 3.05) is 0 Å². The number of rotatable bonds is 2. The molecule has 5 nitrogen and oxygen atoms in total. The summed E-state index contributed by atoms with van der Waals surface area (Å²) in [6.45, 7) is 0. The molecule has 0 amide bonds. The van der Waals surface area contributed by atoms with Crippen LogP contribution in [0.2, 0.25) is 0 Å². The van der Waals surface area contributed by atoms with Crippen LogP contribution < -0.4 is 0 Å². The van der Waals surface area contributed by atoms with Crippen molar-refractivity contribution >= 4 is 29.0 Å². The first-order chi connectivity index (χ1) is 12.7. The van der Waals surface area contributed by atoms with Crippen LogP contribution in [0.1, 0.15) is 21.6 Å². The second kappa shape index (κ2) is 8.08. The first kappa shape index (κ1) is 18.7. The topological polar surface area (TPSA) is 76.2 Å². The van der Waals surface area contributed by atoms with Crippen LogP contribution in [0.25, 0.3) is 34.5 Å². The number of aromatic nitrogens is 2. The van der Waals surface area contributed by atoms with Gasteiger partial charge in [-0.25, -0.2) is 9.78 Å². The molecule has 4 aromatic rings. The van der Waals surface area contributed by atoms with Gasteiger partial charge >= 0.3 is 5.97 Å². The molecule has 1 aromatic carbocycles. The van der Waals surface area contributed by atoms with Crippen molar-refractivity contribution in [1.29, 1.82) is 0 Å². The Morgan fingerprint density at radius 3 is 2.59 bits per heavy atom. The van der Waals surface area contributed by atoms with Gasteiger partial charge in [0.15, 0.2) is 0 Å². The Morgan fingerprint density at radius 1 is 1.07 bits per heavy atom. The minimum Gasteiger partial charge on any atom is -0.545 e. The maximum Gasteiger partial charge on any atom is 0.354 e. The van der Waals surface area contributed by atoms with Crippen LogP contribution in [0.5, 0.6) is 0 Å². The molecular formula is C21H13IrN2O3-. The molecule has 27 heavy (non-hydrogen) atoms. The summed E-state index contributed by atoms with van der Waals surface area (Å²) in [5.74, 6) is -0.301. The third-order valence-electron chi connectivity index (χ3n) is 3.92. The summed E-state index contributed by atoms with van der Waals surface area (Å²) in [6, 6.07) is 17.8. The fourth-order valence-electron chi connectivity index (χ4n) is 2.78. The average Bonchev–Trinajstić information content (AvgIpc) is 3.34. The monoisotopic (exact) mass is 534 g/mol. The number of hydrogen-bond acceptors (Lipinski definition) is 4. The predicted molar refractivity (Wildman–Crippen MR) is 98.4 cm³/mol. The van der Waals surface area contributed by atoms with Gasteiger partial charge in [0.1, 0.15) is 5.69 Å². The number of furan rings is 1. The number of aromatic carboxylic acids is 1. The average molecular weight is 534 g/mol. The van der Waals surface area contributed by atoms with Gasteiger partial charge in [0, 0.05) is 43.1 Å². The van der Waals surface area contributed by atoms with Gasteiger partial charge in [-0.15, -0.1) is 12.1 Å². The second-order valence-corrected chi connectivity index (χ2v) is 5.59. The van der Waals surface area contributed by atoms with Crippen LogP contribution in [0.3, 0.4) is 0 Å². The van der Waals surface area contributed by atoms with Gasteiger partial charge in [-0.3, -0.25) is 0 Å². The van der Waals surface area contributed by atoms with E-state index in [-0.39, 0.29) is 25.8 Å². The molecule has 6 heteroatoms. The summed E-state index contributed by atoms with van der Waals surface area (Å²) < 4.78 is 5.34. The summed E-state index contributed by atoms with van der Waals surface area (Å²) in [4.78, 5) is 18.3. The van der Waals surface area contributed by atoms with Gasteiger partial charge in [0.2, 0.25) is 0 Å². The van der Waals surface area contributed by atoms with E-state index in [9.17, 15) is 4.79 Å². The van der Waals surface area contributed by atoms with Gasteiger partial charge in [-0.2, -0.15) is 0 Å². The number of hydrogen-bond donors (Lipinski definition) is 1. The van der Waals surface area contributed by atoms with Crippen LogP contribution >= 0.6 is 0 Å². The van der Waals surface area contributed by atoms with Crippen molar-refractivity contribution in [2.45, 2.75) is 0 Å². The molecule has 0 unspecified atom stereocenters. The maximum atomic E-state index is 10.1. The molecule has 0 bridgehead atoms. The summed E-state index contributed by atoms with van der Waals surface area (Å²) in [5, 5.41) is 9.55. The quantitative estimate of drug-likeness (QED) is 0.337. The Morgan fingerprint density at radius 2 is 1.93 bits per heavy atom. The number of nitrogens with zero attached hydrogens (tertiary/aromatic N) is 2. The fraction of sp³-hybridized carbons (Fsp3) is 0. The molecule has 3 aromatic heterocycles. The van der Waals surface area contributed by atoms with Gasteiger partial charge in [0.05, 0.1) is 5.52 Å². The standard InChI is InChI=1S/C15H8NO.C6H5NO2.Ir/c1-3-10-6-7-11-9-13(14-5-2-8-17-14)16-12(4-1)15(10)11;8-6(9)5-3-1-2-4-7-5;/h1-4,6-9H;1-4H,(H,8,9);/q-1;;. The third-order valence-corrected chi connectivity index (χ3v) is 3.92. The van der Waals surface area contributed by atoms with Gasteiger partial charge < -0.3 is 14.5 Å². The van der Waals surface area contributed by atoms with Crippen LogP contribution in [0, 0.1) is 6.07 Å². The minimum absolute atomic E-state index is 0. The smallest absolute Gasteiger partial charge is 0.354 e. The van der Waals surface area contributed by atoms with E-state index in [4.69, 9.17) is 9.52 Å². The molecule has 0 saturated heterocycles. The first-order valence-corrected chi connectivity index (χ1v) is 7.94. The number of carboxylic acids is 1. The summed E-state index contributed by atoms with van der Waals surface area (Å²) >= 11 is 0. The number of carbonyl (C=O) groups is 1. The van der Waals surface area contributed by atoms with Crippen molar-refractivity contribution in [2.24, 2.45) is 0 Å². The molecule has 0 atom stereocenters. The molecule has 1 radical (unpaired) electrons. The van der Waals surface area contributed by atoms with Crippen molar-refractivity contribution in [3.63, 3.8) is 0 Å². The molecule has 0 saturated carbocycles. The Kier molecular flexibility index (Phi) is 5.60. The largest absolute Gasteiger partial charge is 0.545 e. The molecule has 135 valence electrons. The van der Waals surface area contributed by atoms with Crippen molar-refractivity contribution < 1.29 is 34.4 Å². The molecule has 3 heterocycles. The Balaban J connectivity index is 0.000000181. The van der Waals surface area contributed by atoms with Crippen molar-refractivity contribution in [1.82, 2.24) is 9.97 Å². The van der Waals surface area contributed by atoms with Crippen LogP contribution in [-0.4, -0.2) is 21.0 Å². The van der Waals surface area contributed by atoms with Crippen LogP contribution in [0.4, 0.5) is 0 Å². The number of pyridine rings is 2. The molecule has 1 aliphatic carbocycles. The Hall–Kier alpha value is -3.08. The minimum atomic E-state index is -0.990. The van der Waals surface area contributed by atoms with E-state index in [1.165, 1.54) is 28.8 Å². The Bertz CT molecular complexity index is 1110. The molecule has 1 aliphatic rings. The number of carboxylic acid groups (broad SMARTS) is 1. The van der Waals surface area contributed by atoms with E-state index in [1.807, 2.05) is 18.2 Å². The fourth-order valence-corrected chi connectivity index (χ4v) is 2.78. The van der Waals surface area contributed by atoms with Gasteiger partial charge in [0.25, 0.3) is 0 Å². The Labute approximate surface area is 168 Å². The zero-order chi connectivity index (χ0) is 17.9. The third kappa shape index (κ3) is 3.87. The molecular weight excluding hydrogens is 520 g/mol.